The van der Waals surface area contributed by atoms with Crippen LogP contribution < -0.4 is 10.1 Å². The van der Waals surface area contributed by atoms with Gasteiger partial charge in [-0.05, 0) is 37.0 Å². The number of likely N-dealkylation sites (tertiary alicyclic amines) is 1. The van der Waals surface area contributed by atoms with E-state index in [1.165, 1.54) is 5.56 Å². The van der Waals surface area contributed by atoms with E-state index < -0.39 is 0 Å². The van der Waals surface area contributed by atoms with E-state index >= 15 is 0 Å². The van der Waals surface area contributed by atoms with Gasteiger partial charge in [0.2, 0.25) is 5.91 Å². The smallest absolute Gasteiger partial charge is 0.320 e. The number of urea groups is 1. The molecule has 2 saturated heterocycles. The van der Waals surface area contributed by atoms with Crippen molar-refractivity contribution in [1.29, 1.82) is 5.26 Å². The van der Waals surface area contributed by atoms with Crippen molar-refractivity contribution in [2.75, 3.05) is 52.9 Å². The van der Waals surface area contributed by atoms with Gasteiger partial charge in [0.25, 0.3) is 0 Å². The Balaban J connectivity index is 1.34. The summed E-state index contributed by atoms with van der Waals surface area (Å²) in [4.78, 5) is 30.1. The molecular weight excluding hydrogens is 370 g/mol. The Kier molecular flexibility index (Phi) is 7.30. The quantitative estimate of drug-likeness (QED) is 0.628. The number of carbonyl (C=O) groups is 2. The van der Waals surface area contributed by atoms with Crippen molar-refractivity contribution in [3.05, 3.63) is 29.8 Å². The molecule has 0 aliphatic carbocycles. The summed E-state index contributed by atoms with van der Waals surface area (Å²) in [5, 5.41) is 12.2. The highest BCUT2D eigenvalue weighted by molar-refractivity contribution is 5.79. The van der Waals surface area contributed by atoms with E-state index in [2.05, 4.69) is 11.4 Å². The number of amides is 3. The molecular formula is C21H29N5O3. The van der Waals surface area contributed by atoms with Crippen molar-refractivity contribution >= 4 is 11.9 Å². The van der Waals surface area contributed by atoms with E-state index in [-0.39, 0.29) is 24.5 Å². The maximum atomic E-state index is 12.5. The van der Waals surface area contributed by atoms with E-state index in [0.717, 1.165) is 31.6 Å². The van der Waals surface area contributed by atoms with Gasteiger partial charge in [0.05, 0.1) is 19.7 Å². The Morgan fingerprint density at radius 1 is 1.21 bits per heavy atom. The summed E-state index contributed by atoms with van der Waals surface area (Å²) in [6, 6.07) is 9.86. The zero-order valence-corrected chi connectivity index (χ0v) is 17.0. The Hall–Kier alpha value is -2.79. The molecule has 0 aromatic heterocycles. The molecule has 0 spiro atoms. The molecule has 2 heterocycles. The van der Waals surface area contributed by atoms with Crippen LogP contribution in [0.5, 0.6) is 5.75 Å². The van der Waals surface area contributed by atoms with Crippen molar-refractivity contribution in [3.8, 4) is 11.8 Å². The van der Waals surface area contributed by atoms with E-state index in [4.69, 9.17) is 10.00 Å². The van der Waals surface area contributed by atoms with Gasteiger partial charge in [-0.25, -0.2) is 4.79 Å². The van der Waals surface area contributed by atoms with Crippen molar-refractivity contribution in [2.45, 2.75) is 25.3 Å². The van der Waals surface area contributed by atoms with E-state index in [9.17, 15) is 9.59 Å². The number of hydrogen-bond acceptors (Lipinski definition) is 5. The van der Waals surface area contributed by atoms with Crippen LogP contribution in [-0.2, 0) is 11.2 Å². The normalized spacial score (nSPS) is 19.0. The third-order valence-electron chi connectivity index (χ3n) is 5.57. The first-order chi connectivity index (χ1) is 14.1. The minimum absolute atomic E-state index is 0.0390. The average Bonchev–Trinajstić information content (AvgIpc) is 3.36. The van der Waals surface area contributed by atoms with Gasteiger partial charge in [-0.15, -0.1) is 0 Å². The summed E-state index contributed by atoms with van der Waals surface area (Å²) in [6.07, 6.45) is 2.46. The summed E-state index contributed by atoms with van der Waals surface area (Å²) in [5.74, 6) is 0.791. The van der Waals surface area contributed by atoms with Crippen LogP contribution >= 0.6 is 0 Å². The van der Waals surface area contributed by atoms with Gasteiger partial charge in [0.1, 0.15) is 11.8 Å². The van der Waals surface area contributed by atoms with E-state index in [0.29, 0.717) is 32.7 Å². The lowest BCUT2D eigenvalue weighted by Gasteiger charge is -2.21. The number of ether oxygens (including phenoxy) is 1. The van der Waals surface area contributed by atoms with Gasteiger partial charge in [0.15, 0.2) is 0 Å². The Bertz CT molecular complexity index is 746. The number of hydrogen-bond donors (Lipinski definition) is 1. The van der Waals surface area contributed by atoms with Crippen molar-refractivity contribution in [3.63, 3.8) is 0 Å². The molecule has 0 saturated carbocycles. The number of nitrogens with one attached hydrogen (secondary N) is 1. The van der Waals surface area contributed by atoms with Crippen LogP contribution in [0.3, 0.4) is 0 Å². The van der Waals surface area contributed by atoms with Gasteiger partial charge < -0.3 is 24.8 Å². The van der Waals surface area contributed by atoms with Crippen LogP contribution in [0, 0.1) is 11.3 Å². The largest absolute Gasteiger partial charge is 0.497 e. The predicted molar refractivity (Wildman–Crippen MR) is 108 cm³/mol. The summed E-state index contributed by atoms with van der Waals surface area (Å²) in [7, 11) is 1.65. The van der Waals surface area contributed by atoms with Crippen LogP contribution in [0.1, 0.15) is 18.4 Å². The number of carbonyl (C=O) groups excluding carboxylic acids is 2. The van der Waals surface area contributed by atoms with Crippen LogP contribution in [-0.4, -0.2) is 85.6 Å². The molecule has 2 fully saturated rings. The highest BCUT2D eigenvalue weighted by atomic mass is 16.5. The average molecular weight is 399 g/mol. The van der Waals surface area contributed by atoms with Gasteiger partial charge in [-0.3, -0.25) is 4.79 Å². The molecule has 1 N–H and O–H groups in total. The summed E-state index contributed by atoms with van der Waals surface area (Å²) in [6.45, 7) is 4.14. The third-order valence-corrected chi connectivity index (χ3v) is 5.57. The minimum Gasteiger partial charge on any atom is -0.497 e. The minimum atomic E-state index is -0.288. The molecule has 3 rings (SSSR count). The Morgan fingerprint density at radius 3 is 2.62 bits per heavy atom. The fraction of sp³-hybridized carbons (Fsp3) is 0.571. The number of nitriles is 1. The molecule has 0 unspecified atom stereocenters. The maximum absolute atomic E-state index is 12.5. The molecule has 1 aromatic carbocycles. The first-order valence-corrected chi connectivity index (χ1v) is 10.2. The SMILES string of the molecule is COc1ccc(CCN2CCN(CCNCC(=O)N3CCC[C@H]3C#N)C2=O)cc1. The fourth-order valence-electron chi connectivity index (χ4n) is 3.81. The monoisotopic (exact) mass is 399 g/mol. The zero-order chi connectivity index (χ0) is 20.6. The Morgan fingerprint density at radius 2 is 1.93 bits per heavy atom. The predicted octanol–water partition coefficient (Wildman–Crippen LogP) is 1.08. The summed E-state index contributed by atoms with van der Waals surface area (Å²) < 4.78 is 5.16. The number of nitrogens with zero attached hydrogens (tertiary/aromatic N) is 4. The van der Waals surface area contributed by atoms with Gasteiger partial charge in [-0.2, -0.15) is 5.26 Å². The van der Waals surface area contributed by atoms with Crippen molar-refractivity contribution in [1.82, 2.24) is 20.0 Å². The second-order valence-electron chi connectivity index (χ2n) is 7.41. The molecule has 156 valence electrons. The third kappa shape index (κ3) is 5.39. The van der Waals surface area contributed by atoms with Crippen LogP contribution in [0.4, 0.5) is 4.79 Å². The molecule has 3 amide bonds. The molecule has 2 aliphatic heterocycles. The zero-order valence-electron chi connectivity index (χ0n) is 17.0. The maximum Gasteiger partial charge on any atom is 0.320 e. The van der Waals surface area contributed by atoms with Gasteiger partial charge >= 0.3 is 6.03 Å². The van der Waals surface area contributed by atoms with Crippen LogP contribution in [0.25, 0.3) is 0 Å². The first kappa shape index (κ1) is 20.9. The Labute approximate surface area is 172 Å². The summed E-state index contributed by atoms with van der Waals surface area (Å²) in [5.41, 5.74) is 1.18. The molecule has 2 aliphatic rings. The molecule has 29 heavy (non-hydrogen) atoms. The number of benzene rings is 1. The van der Waals surface area contributed by atoms with Crippen molar-refractivity contribution in [2.24, 2.45) is 0 Å². The van der Waals surface area contributed by atoms with E-state index in [1.54, 1.807) is 12.0 Å². The molecule has 0 radical (unpaired) electrons. The highest BCUT2D eigenvalue weighted by Crippen LogP contribution is 2.16. The van der Waals surface area contributed by atoms with Crippen molar-refractivity contribution < 1.29 is 14.3 Å². The highest BCUT2D eigenvalue weighted by Gasteiger charge is 2.29. The molecule has 1 atom stereocenters. The summed E-state index contributed by atoms with van der Waals surface area (Å²) >= 11 is 0. The van der Waals surface area contributed by atoms with Crippen LogP contribution in [0.2, 0.25) is 0 Å². The fourth-order valence-corrected chi connectivity index (χ4v) is 3.81. The number of rotatable bonds is 9. The second-order valence-corrected chi connectivity index (χ2v) is 7.41. The van der Waals surface area contributed by atoms with E-state index in [1.807, 2.05) is 34.1 Å². The topological polar surface area (TPSA) is 88.9 Å². The van der Waals surface area contributed by atoms with Gasteiger partial charge in [0, 0.05) is 39.3 Å². The lowest BCUT2D eigenvalue weighted by Crippen LogP contribution is -2.43. The molecule has 8 nitrogen and oxygen atoms in total. The van der Waals surface area contributed by atoms with Gasteiger partial charge in [-0.1, -0.05) is 12.1 Å². The lowest BCUT2D eigenvalue weighted by atomic mass is 10.1. The molecule has 0 bridgehead atoms. The standard InChI is InChI=1S/C21H29N5O3/c1-29-19-6-4-17(5-7-19)8-11-24-13-14-25(21(24)28)12-9-23-16-20(27)26-10-2-3-18(26)15-22/h4-7,18,23H,2-3,8-14,16H2,1H3/t18-/m0/s1. The van der Waals surface area contributed by atoms with Crippen LogP contribution in [0.15, 0.2) is 24.3 Å². The lowest BCUT2D eigenvalue weighted by molar-refractivity contribution is -0.130. The molecule has 1 aromatic rings. The molecule has 8 heteroatoms. The first-order valence-electron chi connectivity index (χ1n) is 10.2. The second kappa shape index (κ2) is 10.1. The number of methoxy groups -OCH3 is 1.